The standard InChI is InChI=1S/C14H23BrN2OS/c1-4-18-12-7-14(16,13(12,2)3)9-17-8-11-10(15)5-6-19-11/h5-6,12,17H,4,7-9,16H2,1-3H3. The van der Waals surface area contributed by atoms with Gasteiger partial charge in [0.2, 0.25) is 0 Å². The van der Waals surface area contributed by atoms with Crippen LogP contribution in [0.1, 0.15) is 32.1 Å². The minimum atomic E-state index is -0.170. The second-order valence-corrected chi connectivity index (χ2v) is 7.68. The van der Waals surface area contributed by atoms with Gasteiger partial charge in [0.25, 0.3) is 0 Å². The van der Waals surface area contributed by atoms with Gasteiger partial charge in [-0.15, -0.1) is 11.3 Å². The van der Waals surface area contributed by atoms with Gasteiger partial charge in [-0.25, -0.2) is 0 Å². The summed E-state index contributed by atoms with van der Waals surface area (Å²) in [6, 6.07) is 2.08. The number of thiophene rings is 1. The first-order valence-corrected chi connectivity index (χ1v) is 8.41. The molecule has 0 bridgehead atoms. The van der Waals surface area contributed by atoms with Crippen molar-refractivity contribution in [1.82, 2.24) is 5.32 Å². The average Bonchev–Trinajstić information content (AvgIpc) is 2.75. The van der Waals surface area contributed by atoms with E-state index in [0.29, 0.717) is 0 Å². The lowest BCUT2D eigenvalue weighted by atomic mass is 9.54. The van der Waals surface area contributed by atoms with Crippen LogP contribution in [0.15, 0.2) is 15.9 Å². The van der Waals surface area contributed by atoms with Crippen LogP contribution in [-0.2, 0) is 11.3 Å². The minimum absolute atomic E-state index is 0.0304. The van der Waals surface area contributed by atoms with Crippen molar-refractivity contribution in [2.24, 2.45) is 11.1 Å². The molecule has 3 N–H and O–H groups in total. The van der Waals surface area contributed by atoms with Crippen LogP contribution in [0.4, 0.5) is 0 Å². The molecule has 2 rings (SSSR count). The summed E-state index contributed by atoms with van der Waals surface area (Å²) in [5, 5.41) is 5.58. The molecule has 3 nitrogen and oxygen atoms in total. The van der Waals surface area contributed by atoms with Crippen molar-refractivity contribution >= 4 is 27.3 Å². The molecule has 1 aromatic heterocycles. The van der Waals surface area contributed by atoms with Gasteiger partial charge in [0.05, 0.1) is 6.10 Å². The second kappa shape index (κ2) is 5.82. The van der Waals surface area contributed by atoms with E-state index in [1.807, 2.05) is 6.92 Å². The quantitative estimate of drug-likeness (QED) is 0.831. The average molecular weight is 347 g/mol. The SMILES string of the molecule is CCOC1CC(N)(CNCc2sccc2Br)C1(C)C. The topological polar surface area (TPSA) is 47.3 Å². The van der Waals surface area contributed by atoms with Crippen LogP contribution in [0.5, 0.6) is 0 Å². The number of rotatable bonds is 6. The highest BCUT2D eigenvalue weighted by Crippen LogP contribution is 2.49. The number of nitrogens with one attached hydrogen (secondary N) is 1. The largest absolute Gasteiger partial charge is 0.378 e. The van der Waals surface area contributed by atoms with Crippen LogP contribution >= 0.6 is 27.3 Å². The van der Waals surface area contributed by atoms with E-state index in [4.69, 9.17) is 10.5 Å². The molecule has 0 aromatic carbocycles. The van der Waals surface area contributed by atoms with Gasteiger partial charge in [0.1, 0.15) is 0 Å². The summed E-state index contributed by atoms with van der Waals surface area (Å²) in [7, 11) is 0. The van der Waals surface area contributed by atoms with Crippen LogP contribution in [-0.4, -0.2) is 24.8 Å². The van der Waals surface area contributed by atoms with Crippen LogP contribution in [0.2, 0.25) is 0 Å². The molecule has 1 aromatic rings. The molecule has 0 spiro atoms. The highest BCUT2D eigenvalue weighted by molar-refractivity contribution is 9.10. The van der Waals surface area contributed by atoms with Gasteiger partial charge in [-0.1, -0.05) is 13.8 Å². The molecule has 1 aliphatic carbocycles. The molecule has 2 atom stereocenters. The maximum atomic E-state index is 6.53. The van der Waals surface area contributed by atoms with E-state index in [2.05, 4.69) is 46.5 Å². The van der Waals surface area contributed by atoms with Gasteiger partial charge in [-0.2, -0.15) is 0 Å². The summed E-state index contributed by atoms with van der Waals surface area (Å²) < 4.78 is 6.92. The first kappa shape index (κ1) is 15.4. The van der Waals surface area contributed by atoms with Crippen molar-refractivity contribution in [3.63, 3.8) is 0 Å². The fraction of sp³-hybridized carbons (Fsp3) is 0.714. The third-order valence-corrected chi connectivity index (χ3v) is 6.35. The van der Waals surface area contributed by atoms with Crippen LogP contribution < -0.4 is 11.1 Å². The number of halogens is 1. The smallest absolute Gasteiger partial charge is 0.0662 e. The van der Waals surface area contributed by atoms with E-state index in [1.54, 1.807) is 11.3 Å². The molecule has 1 saturated carbocycles. The van der Waals surface area contributed by atoms with Gasteiger partial charge in [-0.3, -0.25) is 0 Å². The molecule has 19 heavy (non-hydrogen) atoms. The van der Waals surface area contributed by atoms with Crippen molar-refractivity contribution < 1.29 is 4.74 Å². The first-order valence-electron chi connectivity index (χ1n) is 6.74. The zero-order valence-electron chi connectivity index (χ0n) is 11.8. The molecule has 1 aliphatic rings. The lowest BCUT2D eigenvalue weighted by Gasteiger charge is -2.59. The second-order valence-electron chi connectivity index (χ2n) is 5.82. The van der Waals surface area contributed by atoms with Gasteiger partial charge in [0, 0.05) is 40.0 Å². The highest BCUT2D eigenvalue weighted by atomic mass is 79.9. The molecule has 0 radical (unpaired) electrons. The molecule has 2 unspecified atom stereocenters. The van der Waals surface area contributed by atoms with E-state index < -0.39 is 0 Å². The van der Waals surface area contributed by atoms with Crippen molar-refractivity contribution in [1.29, 1.82) is 0 Å². The third kappa shape index (κ3) is 2.90. The Bertz CT molecular complexity index is 435. The Balaban J connectivity index is 1.85. The molecule has 0 aliphatic heterocycles. The predicted molar refractivity (Wildman–Crippen MR) is 84.5 cm³/mol. The number of nitrogens with two attached hydrogens (primary N) is 1. The van der Waals surface area contributed by atoms with Gasteiger partial charge >= 0.3 is 0 Å². The zero-order valence-corrected chi connectivity index (χ0v) is 14.2. The van der Waals surface area contributed by atoms with E-state index in [0.717, 1.165) is 26.1 Å². The summed E-state index contributed by atoms with van der Waals surface area (Å²) >= 11 is 5.31. The minimum Gasteiger partial charge on any atom is -0.378 e. The van der Waals surface area contributed by atoms with Crippen LogP contribution in [0.3, 0.4) is 0 Å². The van der Waals surface area contributed by atoms with Crippen molar-refractivity contribution in [2.75, 3.05) is 13.2 Å². The fourth-order valence-corrected chi connectivity index (χ4v) is 4.12. The van der Waals surface area contributed by atoms with Gasteiger partial charge in [-0.05, 0) is 40.7 Å². The molecular formula is C14H23BrN2OS. The number of ether oxygens (including phenoxy) is 1. The van der Waals surface area contributed by atoms with Gasteiger partial charge < -0.3 is 15.8 Å². The lowest BCUT2D eigenvalue weighted by molar-refractivity contribution is -0.148. The summed E-state index contributed by atoms with van der Waals surface area (Å²) in [5.41, 5.74) is 6.39. The number of hydrogen-bond acceptors (Lipinski definition) is 4. The van der Waals surface area contributed by atoms with E-state index in [-0.39, 0.29) is 17.1 Å². The summed E-state index contributed by atoms with van der Waals surface area (Å²) in [6.07, 6.45) is 1.23. The maximum Gasteiger partial charge on any atom is 0.0662 e. The first-order chi connectivity index (χ1) is 8.90. The van der Waals surface area contributed by atoms with Crippen molar-refractivity contribution in [2.45, 2.75) is 45.4 Å². The van der Waals surface area contributed by atoms with Crippen LogP contribution in [0, 0.1) is 5.41 Å². The summed E-state index contributed by atoms with van der Waals surface area (Å²) in [5.74, 6) is 0. The molecular weight excluding hydrogens is 324 g/mol. The Morgan fingerprint density at radius 2 is 2.32 bits per heavy atom. The van der Waals surface area contributed by atoms with E-state index in [1.165, 1.54) is 9.35 Å². The molecule has 0 saturated heterocycles. The monoisotopic (exact) mass is 346 g/mol. The molecule has 0 amide bonds. The molecule has 5 heteroatoms. The van der Waals surface area contributed by atoms with E-state index in [9.17, 15) is 0 Å². The van der Waals surface area contributed by atoms with E-state index >= 15 is 0 Å². The Kier molecular flexibility index (Phi) is 4.73. The Labute approximate surface area is 128 Å². The summed E-state index contributed by atoms with van der Waals surface area (Å²) in [4.78, 5) is 1.32. The van der Waals surface area contributed by atoms with Crippen LogP contribution in [0.25, 0.3) is 0 Å². The highest BCUT2D eigenvalue weighted by Gasteiger charge is 2.58. The fourth-order valence-electron chi connectivity index (χ4n) is 2.66. The Morgan fingerprint density at radius 3 is 2.84 bits per heavy atom. The lowest BCUT2D eigenvalue weighted by Crippen LogP contribution is -2.73. The maximum absolute atomic E-state index is 6.53. The van der Waals surface area contributed by atoms with Crippen molar-refractivity contribution in [3.8, 4) is 0 Å². The zero-order chi connectivity index (χ0) is 14.1. The molecule has 1 heterocycles. The molecule has 1 fully saturated rings. The summed E-state index contributed by atoms with van der Waals surface area (Å²) in [6.45, 7) is 8.92. The van der Waals surface area contributed by atoms with Crippen molar-refractivity contribution in [3.05, 3.63) is 20.8 Å². The molecule has 108 valence electrons. The Hall–Kier alpha value is 0.0600. The number of hydrogen-bond donors (Lipinski definition) is 2. The third-order valence-electron chi connectivity index (χ3n) is 4.42. The Morgan fingerprint density at radius 1 is 1.58 bits per heavy atom. The normalized spacial score (nSPS) is 29.2. The predicted octanol–water partition coefficient (Wildman–Crippen LogP) is 3.13. The van der Waals surface area contributed by atoms with Gasteiger partial charge in [0.15, 0.2) is 0 Å².